The van der Waals surface area contributed by atoms with Crippen LogP contribution in [0.4, 0.5) is 5.69 Å². The molecule has 1 aromatic rings. The molecule has 0 fully saturated rings. The van der Waals surface area contributed by atoms with E-state index in [0.717, 1.165) is 0 Å². The van der Waals surface area contributed by atoms with Gasteiger partial charge in [-0.15, -0.1) is 11.6 Å². The van der Waals surface area contributed by atoms with Crippen molar-refractivity contribution in [2.45, 2.75) is 0 Å². The largest absolute Gasteiger partial charge is 0.377 e. The minimum Gasteiger partial charge on any atom is -0.377 e. The van der Waals surface area contributed by atoms with Gasteiger partial charge in [-0.2, -0.15) is 0 Å². The number of rotatable bonds is 5. The molecule has 0 unspecified atom stereocenters. The van der Waals surface area contributed by atoms with Crippen molar-refractivity contribution in [1.82, 2.24) is 0 Å². The lowest BCUT2D eigenvalue weighted by Gasteiger charge is -2.07. The van der Waals surface area contributed by atoms with E-state index in [1.807, 2.05) is 0 Å². The lowest BCUT2D eigenvalue weighted by atomic mass is 10.1. The number of carbonyl (C=O) groups excluding carboxylic acids is 2. The number of benzene rings is 1. The number of amides is 1. The number of Topliss-reactive ketones (excluding diaryl/α,β-unsaturated/α-hetero) is 1. The maximum absolute atomic E-state index is 11.0. The van der Waals surface area contributed by atoms with E-state index in [0.29, 0.717) is 11.3 Å². The number of halogens is 1. The fourth-order valence-corrected chi connectivity index (χ4v) is 1.19. The highest BCUT2D eigenvalue weighted by Gasteiger charge is 2.07. The molecule has 0 heterocycles. The minimum atomic E-state index is -0.531. The van der Waals surface area contributed by atoms with Crippen LogP contribution in [0.25, 0.3) is 0 Å². The Balaban J connectivity index is 2.76. The van der Waals surface area contributed by atoms with Crippen molar-refractivity contribution in [3.63, 3.8) is 0 Å². The van der Waals surface area contributed by atoms with Gasteiger partial charge in [-0.05, 0) is 12.1 Å². The van der Waals surface area contributed by atoms with Gasteiger partial charge < -0.3 is 11.1 Å². The summed E-state index contributed by atoms with van der Waals surface area (Å²) in [6, 6.07) is 6.73. The molecule has 1 aromatic carbocycles. The molecule has 0 atom stereocenters. The Morgan fingerprint density at radius 2 is 2.00 bits per heavy atom. The molecule has 15 heavy (non-hydrogen) atoms. The first-order valence-corrected chi connectivity index (χ1v) is 4.89. The van der Waals surface area contributed by atoms with E-state index in [1.165, 1.54) is 0 Å². The van der Waals surface area contributed by atoms with E-state index in [-0.39, 0.29) is 18.2 Å². The summed E-state index contributed by atoms with van der Waals surface area (Å²) in [6.07, 6.45) is 0. The van der Waals surface area contributed by atoms with Crippen LogP contribution in [0, 0.1) is 0 Å². The smallest absolute Gasteiger partial charge is 0.250 e. The van der Waals surface area contributed by atoms with Crippen molar-refractivity contribution in [1.29, 1.82) is 0 Å². The number of alkyl halides is 1. The van der Waals surface area contributed by atoms with Crippen LogP contribution in [-0.2, 0) is 4.79 Å². The monoisotopic (exact) mass is 226 g/mol. The van der Waals surface area contributed by atoms with Gasteiger partial charge in [0, 0.05) is 5.69 Å². The summed E-state index contributed by atoms with van der Waals surface area (Å²) < 4.78 is 0. The lowest BCUT2D eigenvalue weighted by Crippen LogP contribution is -2.18. The quantitative estimate of drug-likeness (QED) is 0.736. The van der Waals surface area contributed by atoms with Crippen LogP contribution in [0.2, 0.25) is 0 Å². The third kappa shape index (κ3) is 3.25. The van der Waals surface area contributed by atoms with Gasteiger partial charge >= 0.3 is 0 Å². The molecule has 1 rings (SSSR count). The first-order valence-electron chi connectivity index (χ1n) is 4.35. The zero-order chi connectivity index (χ0) is 11.3. The number of ketones is 1. The van der Waals surface area contributed by atoms with Gasteiger partial charge in [0.15, 0.2) is 5.78 Å². The number of hydrogen-bond acceptors (Lipinski definition) is 3. The zero-order valence-corrected chi connectivity index (χ0v) is 8.75. The van der Waals surface area contributed by atoms with E-state index in [9.17, 15) is 9.59 Å². The van der Waals surface area contributed by atoms with Gasteiger partial charge in [-0.25, -0.2) is 0 Å². The lowest BCUT2D eigenvalue weighted by molar-refractivity contribution is -0.115. The Labute approximate surface area is 92.4 Å². The van der Waals surface area contributed by atoms with Crippen molar-refractivity contribution < 1.29 is 9.59 Å². The summed E-state index contributed by atoms with van der Waals surface area (Å²) in [5.41, 5.74) is 6.07. The van der Waals surface area contributed by atoms with Gasteiger partial charge in [0.25, 0.3) is 5.91 Å². The highest BCUT2D eigenvalue weighted by atomic mass is 35.5. The summed E-state index contributed by atoms with van der Waals surface area (Å²) in [7, 11) is 0. The molecule has 0 saturated carbocycles. The highest BCUT2D eigenvalue weighted by Crippen LogP contribution is 2.13. The average molecular weight is 227 g/mol. The van der Waals surface area contributed by atoms with E-state index >= 15 is 0 Å². The molecule has 0 bridgehead atoms. The molecular formula is C10H11ClN2O2. The molecule has 0 aliphatic heterocycles. The molecule has 0 spiro atoms. The van der Waals surface area contributed by atoms with Gasteiger partial charge in [0.05, 0.1) is 18.0 Å². The Hall–Kier alpha value is -1.55. The number of hydrogen-bond donors (Lipinski definition) is 2. The van der Waals surface area contributed by atoms with Crippen LogP contribution in [0.5, 0.6) is 0 Å². The predicted octanol–water partition coefficient (Wildman–Crippen LogP) is 1.01. The second-order valence-corrected chi connectivity index (χ2v) is 3.20. The topological polar surface area (TPSA) is 72.2 Å². The van der Waals surface area contributed by atoms with Gasteiger partial charge in [-0.3, -0.25) is 9.59 Å². The molecule has 0 aliphatic carbocycles. The van der Waals surface area contributed by atoms with Crippen molar-refractivity contribution in [2.75, 3.05) is 17.7 Å². The van der Waals surface area contributed by atoms with E-state index in [2.05, 4.69) is 5.32 Å². The molecular weight excluding hydrogens is 216 g/mol. The first-order chi connectivity index (χ1) is 7.15. The van der Waals surface area contributed by atoms with Gasteiger partial charge in [0.2, 0.25) is 0 Å². The maximum Gasteiger partial charge on any atom is 0.250 e. The van der Waals surface area contributed by atoms with Crippen LogP contribution in [0.3, 0.4) is 0 Å². The van der Waals surface area contributed by atoms with Crippen LogP contribution in [0.1, 0.15) is 10.4 Å². The van der Waals surface area contributed by atoms with Crippen LogP contribution in [-0.4, -0.2) is 24.1 Å². The highest BCUT2D eigenvalue weighted by molar-refractivity contribution is 6.28. The Bertz CT molecular complexity index is 379. The number of para-hydroxylation sites is 1. The van der Waals surface area contributed by atoms with Crippen molar-refractivity contribution in [3.05, 3.63) is 29.8 Å². The molecule has 0 aromatic heterocycles. The minimum absolute atomic E-state index is 0.0499. The van der Waals surface area contributed by atoms with Crippen molar-refractivity contribution >= 4 is 29.0 Å². The summed E-state index contributed by atoms with van der Waals surface area (Å²) in [4.78, 5) is 22.0. The SMILES string of the molecule is NC(=O)c1ccccc1NCC(=O)CCl. The fourth-order valence-electron chi connectivity index (χ4n) is 1.09. The zero-order valence-electron chi connectivity index (χ0n) is 8.00. The number of primary amides is 1. The van der Waals surface area contributed by atoms with Crippen molar-refractivity contribution in [3.8, 4) is 0 Å². The standard InChI is InChI=1S/C10H11ClN2O2/c11-5-7(14)6-13-9-4-2-1-3-8(9)10(12)15/h1-4,13H,5-6H2,(H2,12,15). The molecule has 0 radical (unpaired) electrons. The second-order valence-electron chi connectivity index (χ2n) is 2.94. The van der Waals surface area contributed by atoms with Gasteiger partial charge in [-0.1, -0.05) is 12.1 Å². The first kappa shape index (κ1) is 11.5. The van der Waals surface area contributed by atoms with Crippen LogP contribution >= 0.6 is 11.6 Å². The van der Waals surface area contributed by atoms with Crippen LogP contribution in [0.15, 0.2) is 24.3 Å². The second kappa shape index (κ2) is 5.36. The number of carbonyl (C=O) groups is 2. The molecule has 3 N–H and O–H groups in total. The Morgan fingerprint density at radius 3 is 2.60 bits per heavy atom. The van der Waals surface area contributed by atoms with E-state index < -0.39 is 5.91 Å². The maximum atomic E-state index is 11.0. The predicted molar refractivity (Wildman–Crippen MR) is 59.2 cm³/mol. The molecule has 0 aliphatic rings. The van der Waals surface area contributed by atoms with E-state index in [4.69, 9.17) is 17.3 Å². The van der Waals surface area contributed by atoms with E-state index in [1.54, 1.807) is 24.3 Å². The van der Waals surface area contributed by atoms with Crippen LogP contribution < -0.4 is 11.1 Å². The molecule has 1 amide bonds. The molecule has 0 saturated heterocycles. The normalized spacial score (nSPS) is 9.67. The van der Waals surface area contributed by atoms with Crippen molar-refractivity contribution in [2.24, 2.45) is 5.73 Å². The number of anilines is 1. The molecule has 5 heteroatoms. The summed E-state index contributed by atoms with van der Waals surface area (Å²) >= 11 is 5.34. The third-order valence-corrected chi connectivity index (χ3v) is 2.12. The summed E-state index contributed by atoms with van der Waals surface area (Å²) in [5.74, 6) is -0.724. The molecule has 4 nitrogen and oxygen atoms in total. The fraction of sp³-hybridized carbons (Fsp3) is 0.200. The average Bonchev–Trinajstić information content (AvgIpc) is 2.26. The Morgan fingerprint density at radius 1 is 1.33 bits per heavy atom. The summed E-state index contributed by atoms with van der Waals surface area (Å²) in [6.45, 7) is 0.0911. The Kier molecular flexibility index (Phi) is 4.12. The summed E-state index contributed by atoms with van der Waals surface area (Å²) in [5, 5.41) is 2.81. The van der Waals surface area contributed by atoms with Gasteiger partial charge in [0.1, 0.15) is 0 Å². The number of nitrogens with one attached hydrogen (secondary N) is 1. The number of nitrogens with two attached hydrogens (primary N) is 1. The molecule has 80 valence electrons. The third-order valence-electron chi connectivity index (χ3n) is 1.82.